The van der Waals surface area contributed by atoms with Crippen molar-refractivity contribution in [1.82, 2.24) is 4.48 Å². The van der Waals surface area contributed by atoms with Crippen molar-refractivity contribution >= 4 is 57.1 Å². The molecule has 2 atom stereocenters. The Labute approximate surface area is 209 Å². The molecule has 3 nitrogen and oxygen atoms in total. The Balaban J connectivity index is 0.00000272. The van der Waals surface area contributed by atoms with E-state index >= 15 is 0 Å². The van der Waals surface area contributed by atoms with Crippen LogP contribution in [0.4, 0.5) is 11.4 Å². The summed E-state index contributed by atoms with van der Waals surface area (Å²) in [6, 6.07) is 29.6. The third-order valence-electron chi connectivity index (χ3n) is 6.14. The molecule has 2 N–H and O–H groups in total. The molecule has 3 aromatic rings. The second kappa shape index (κ2) is 10.2. The predicted octanol–water partition coefficient (Wildman–Crippen LogP) is 5.79. The average molecular weight is 581 g/mol. The van der Waals surface area contributed by atoms with Crippen LogP contribution in [-0.4, -0.2) is 35.1 Å². The molecule has 156 valence electrons. The summed E-state index contributed by atoms with van der Waals surface area (Å²) < 4.78 is 0.473. The molecule has 0 saturated heterocycles. The van der Waals surface area contributed by atoms with Crippen molar-refractivity contribution in [3.8, 4) is 0 Å². The number of rotatable bonds is 6. The summed E-state index contributed by atoms with van der Waals surface area (Å²) in [5.74, 6) is -0.347. The van der Waals surface area contributed by atoms with Crippen molar-refractivity contribution in [1.29, 1.82) is 0 Å². The van der Waals surface area contributed by atoms with Crippen LogP contribution in [0.3, 0.4) is 0 Å². The average Bonchev–Trinajstić information content (AvgIpc) is 2.80. The first-order valence-corrected chi connectivity index (χ1v) is 11.4. The molecule has 1 aliphatic heterocycles. The Hall–Kier alpha value is -1.89. The Kier molecular flexibility index (Phi) is 7.78. The van der Waals surface area contributed by atoms with E-state index in [1.54, 1.807) is 0 Å². The Morgan fingerprint density at radius 2 is 1.55 bits per heavy atom. The van der Waals surface area contributed by atoms with Crippen molar-refractivity contribution in [2.45, 2.75) is 25.8 Å². The molecular weight excluding hydrogens is 555 g/mol. The number of carbonyl (C=O) groups excluding carboxylic acids is 1. The van der Waals surface area contributed by atoms with Crippen LogP contribution in [0.15, 0.2) is 96.2 Å². The largest absolute Gasteiger partial charge is 0.366 e. The molecule has 0 aromatic heterocycles. The van der Waals surface area contributed by atoms with Crippen LogP contribution in [0.1, 0.15) is 30.5 Å². The van der Waals surface area contributed by atoms with Gasteiger partial charge in [0.1, 0.15) is 23.1 Å². The number of amides is 1. The number of allylic oxidation sites excluding steroid dienone is 1. The van der Waals surface area contributed by atoms with Crippen molar-refractivity contribution in [3.05, 3.63) is 107 Å². The molecular formula is C26H26BrN2OSn+. The number of quaternary nitrogens is 1. The number of carbonyl (C=O) groups is 1. The first-order chi connectivity index (χ1) is 14.6. The minimum atomic E-state index is -0.347. The van der Waals surface area contributed by atoms with E-state index in [2.05, 4.69) is 89.6 Å². The fourth-order valence-electron chi connectivity index (χ4n) is 4.96. The van der Waals surface area contributed by atoms with Gasteiger partial charge in [-0.25, -0.2) is 4.48 Å². The number of halogens is 1. The summed E-state index contributed by atoms with van der Waals surface area (Å²) in [6.07, 6.45) is 1.46. The van der Waals surface area contributed by atoms with Gasteiger partial charge in [-0.15, -0.1) is 0 Å². The monoisotopic (exact) mass is 581 g/mol. The number of nitrogens with zero attached hydrogens (tertiary/aromatic N) is 1. The summed E-state index contributed by atoms with van der Waals surface area (Å²) in [5, 5.41) is 0.567. The molecule has 4 radical (unpaired) electrons. The molecule has 0 aliphatic carbocycles. The Morgan fingerprint density at radius 1 is 0.968 bits per heavy atom. The van der Waals surface area contributed by atoms with Crippen molar-refractivity contribution in [2.24, 2.45) is 5.73 Å². The molecule has 0 bridgehead atoms. The fraction of sp³-hybridized carbons (Fsp3) is 0.192. The van der Waals surface area contributed by atoms with Crippen LogP contribution in [0.5, 0.6) is 0 Å². The molecule has 0 spiro atoms. The van der Waals surface area contributed by atoms with Crippen LogP contribution in [0.2, 0.25) is 0 Å². The van der Waals surface area contributed by atoms with Gasteiger partial charge in [0.15, 0.2) is 0 Å². The number of fused-ring (bicyclic) bond motifs is 1. The Bertz CT molecular complexity index is 1080. The predicted molar refractivity (Wildman–Crippen MR) is 133 cm³/mol. The zero-order chi connectivity index (χ0) is 21.1. The van der Waals surface area contributed by atoms with E-state index in [9.17, 15) is 4.79 Å². The minimum Gasteiger partial charge on any atom is -0.366 e. The first kappa shape index (κ1) is 23.8. The van der Waals surface area contributed by atoms with Gasteiger partial charge in [0.2, 0.25) is 0 Å². The van der Waals surface area contributed by atoms with E-state index in [4.69, 9.17) is 5.73 Å². The molecule has 1 heterocycles. The van der Waals surface area contributed by atoms with Gasteiger partial charge in [0, 0.05) is 53.9 Å². The molecule has 4 rings (SSSR count). The zero-order valence-electron chi connectivity index (χ0n) is 17.6. The van der Waals surface area contributed by atoms with Gasteiger partial charge >= 0.3 is 0 Å². The van der Waals surface area contributed by atoms with Gasteiger partial charge in [0.25, 0.3) is 5.91 Å². The van der Waals surface area contributed by atoms with Crippen LogP contribution >= 0.6 is 15.9 Å². The van der Waals surface area contributed by atoms with E-state index in [1.807, 2.05) is 18.2 Å². The quantitative estimate of drug-likeness (QED) is 0.224. The molecule has 0 fully saturated rings. The molecule has 3 aromatic carbocycles. The van der Waals surface area contributed by atoms with Gasteiger partial charge in [-0.05, 0) is 12.1 Å². The fourth-order valence-corrected chi connectivity index (χ4v) is 5.70. The Morgan fingerprint density at radius 3 is 2.13 bits per heavy atom. The first-order valence-electron chi connectivity index (χ1n) is 10.3. The number of alkyl halides is 1. The van der Waals surface area contributed by atoms with Crippen molar-refractivity contribution in [3.63, 3.8) is 0 Å². The number of hydrogen-bond acceptors (Lipinski definition) is 1. The van der Waals surface area contributed by atoms with Crippen LogP contribution in [-0.2, 0) is 11.2 Å². The van der Waals surface area contributed by atoms with E-state index in [1.165, 1.54) is 11.3 Å². The second-order valence-electron chi connectivity index (χ2n) is 7.62. The normalized spacial score (nSPS) is 18.6. The number of para-hydroxylation sites is 2. The maximum atomic E-state index is 12.6. The van der Waals surface area contributed by atoms with Gasteiger partial charge in [0.05, 0.1) is 10.9 Å². The van der Waals surface area contributed by atoms with E-state index in [0.717, 1.165) is 23.4 Å². The maximum Gasteiger partial charge on any atom is 0.250 e. The van der Waals surface area contributed by atoms with Crippen molar-refractivity contribution < 1.29 is 4.79 Å². The van der Waals surface area contributed by atoms with Crippen LogP contribution in [0, 0.1) is 0 Å². The summed E-state index contributed by atoms with van der Waals surface area (Å²) in [7, 11) is 0. The van der Waals surface area contributed by atoms with Crippen LogP contribution < -0.4 is 10.2 Å². The molecule has 1 aliphatic rings. The molecule has 1 amide bonds. The molecule has 5 heteroatoms. The SMILES string of the molecule is CC[C@@H](c1ccccc1)[N+]1(c2ccccc2)C(CBr)=C(C(N)=O)Cc2ccccc21.[Sn]. The van der Waals surface area contributed by atoms with E-state index in [0.29, 0.717) is 21.8 Å². The standard InChI is InChI=1S/C26H25BrN2O.Sn/c1-2-23(19-11-5-3-6-12-19)29(21-14-7-4-8-15-21)24-16-10-9-13-20(24)17-22(26(28)30)25(29)18-27;/h3-16,23H,2,17-18H2,1H3,(H-,28,30);/p+1/t23-,29?;/m0./s1. The van der Waals surface area contributed by atoms with Gasteiger partial charge in [-0.3, -0.25) is 4.79 Å². The van der Waals surface area contributed by atoms with Gasteiger partial charge in [-0.2, -0.15) is 0 Å². The maximum absolute atomic E-state index is 12.6. The number of nitrogens with two attached hydrogens (primary N) is 1. The smallest absolute Gasteiger partial charge is 0.250 e. The number of hydrogen-bond donors (Lipinski definition) is 1. The van der Waals surface area contributed by atoms with Crippen LogP contribution in [0.25, 0.3) is 0 Å². The summed E-state index contributed by atoms with van der Waals surface area (Å²) in [6.45, 7) is 2.22. The third kappa shape index (κ3) is 4.01. The molecule has 31 heavy (non-hydrogen) atoms. The summed E-state index contributed by atoms with van der Waals surface area (Å²) in [5.41, 5.74) is 12.4. The minimum absolute atomic E-state index is 0. The van der Waals surface area contributed by atoms with Crippen molar-refractivity contribution in [2.75, 3.05) is 5.33 Å². The third-order valence-corrected chi connectivity index (χ3v) is 6.67. The topological polar surface area (TPSA) is 43.1 Å². The second-order valence-corrected chi connectivity index (χ2v) is 8.18. The van der Waals surface area contributed by atoms with Gasteiger partial charge in [-0.1, -0.05) is 89.6 Å². The van der Waals surface area contributed by atoms with E-state index in [-0.39, 0.29) is 35.9 Å². The number of primary amides is 1. The summed E-state index contributed by atoms with van der Waals surface area (Å²) in [4.78, 5) is 12.6. The molecule has 1 unspecified atom stereocenters. The summed E-state index contributed by atoms with van der Waals surface area (Å²) >= 11 is 3.73. The van der Waals surface area contributed by atoms with E-state index < -0.39 is 0 Å². The van der Waals surface area contributed by atoms with Gasteiger partial charge < -0.3 is 5.73 Å². The number of benzene rings is 3. The zero-order valence-corrected chi connectivity index (χ0v) is 22.0. The molecule has 0 saturated carbocycles.